The fourth-order valence-electron chi connectivity index (χ4n) is 6.30. The maximum atomic E-state index is 15.1. The predicted octanol–water partition coefficient (Wildman–Crippen LogP) is 4.76. The number of aromatic nitrogens is 1. The van der Waals surface area contributed by atoms with E-state index in [1.54, 1.807) is 12.1 Å². The number of aliphatic hydroxyl groups excluding tert-OH is 1. The van der Waals surface area contributed by atoms with Gasteiger partial charge in [-0.25, -0.2) is 14.2 Å². The van der Waals surface area contributed by atoms with Gasteiger partial charge in [-0.1, -0.05) is 12.5 Å². The van der Waals surface area contributed by atoms with Gasteiger partial charge in [-0.15, -0.1) is 0 Å². The summed E-state index contributed by atoms with van der Waals surface area (Å²) in [6.45, 7) is 2.86. The summed E-state index contributed by atoms with van der Waals surface area (Å²) in [5.74, 6) is -2.06. The van der Waals surface area contributed by atoms with E-state index in [0.717, 1.165) is 23.8 Å². The number of ether oxygens (including phenoxy) is 1. The number of halogens is 4. The van der Waals surface area contributed by atoms with E-state index < -0.39 is 40.9 Å². The van der Waals surface area contributed by atoms with Crippen LogP contribution >= 0.6 is 0 Å². The van der Waals surface area contributed by atoms with Crippen LogP contribution in [0.4, 0.5) is 17.6 Å². The Kier molecular flexibility index (Phi) is 8.23. The lowest BCUT2D eigenvalue weighted by atomic mass is 9.67. The van der Waals surface area contributed by atoms with E-state index in [1.807, 2.05) is 4.90 Å². The number of aliphatic hydroxyl groups is 1. The zero-order chi connectivity index (χ0) is 30.3. The Morgan fingerprint density at radius 3 is 2.40 bits per heavy atom. The molecule has 5 rings (SSSR count). The second kappa shape index (κ2) is 11.4. The molecule has 0 bridgehead atoms. The van der Waals surface area contributed by atoms with Crippen molar-refractivity contribution in [3.05, 3.63) is 47.9 Å². The molecule has 1 amide bonds. The average molecular weight is 594 g/mol. The van der Waals surface area contributed by atoms with Gasteiger partial charge in [0.2, 0.25) is 5.88 Å². The van der Waals surface area contributed by atoms with Gasteiger partial charge in [-0.05, 0) is 69.8 Å². The number of carbonyl (C=O) groups excluding carboxylic acids is 1. The Morgan fingerprint density at radius 1 is 1.14 bits per heavy atom. The summed E-state index contributed by atoms with van der Waals surface area (Å²) in [6.07, 6.45) is -1.27. The molecule has 3 heterocycles. The minimum absolute atomic E-state index is 0.0296. The van der Waals surface area contributed by atoms with Crippen LogP contribution in [-0.4, -0.2) is 87.5 Å². The minimum Gasteiger partial charge on any atom is -0.480 e. The first-order valence-corrected chi connectivity index (χ1v) is 14.2. The van der Waals surface area contributed by atoms with Crippen LogP contribution in [0.1, 0.15) is 55.8 Å². The van der Waals surface area contributed by atoms with Crippen LogP contribution < -0.4 is 4.74 Å². The summed E-state index contributed by atoms with van der Waals surface area (Å²) < 4.78 is 61.4. The molecular weight excluding hydrogens is 558 g/mol. The molecule has 228 valence electrons. The number of amides is 1. The lowest BCUT2D eigenvalue weighted by Gasteiger charge is -2.47. The van der Waals surface area contributed by atoms with E-state index in [4.69, 9.17) is 4.74 Å². The van der Waals surface area contributed by atoms with Crippen LogP contribution in [-0.2, 0) is 4.79 Å². The number of likely N-dealkylation sites (tertiary alicyclic amines) is 2. The van der Waals surface area contributed by atoms with Crippen molar-refractivity contribution in [3.63, 3.8) is 0 Å². The van der Waals surface area contributed by atoms with Crippen molar-refractivity contribution in [1.82, 2.24) is 14.8 Å². The van der Waals surface area contributed by atoms with Crippen LogP contribution in [0.15, 0.2) is 36.5 Å². The first kappa shape index (κ1) is 30.2. The highest BCUT2D eigenvalue weighted by Gasteiger charge is 2.58. The number of aliphatic carboxylic acids is 1. The van der Waals surface area contributed by atoms with E-state index in [2.05, 4.69) is 4.98 Å². The molecule has 0 spiro atoms. The normalized spacial score (nSPS) is 24.8. The zero-order valence-corrected chi connectivity index (χ0v) is 23.4. The number of rotatable bonds is 8. The number of carbonyl (C=O) groups is 2. The van der Waals surface area contributed by atoms with Crippen molar-refractivity contribution in [1.29, 1.82) is 0 Å². The van der Waals surface area contributed by atoms with Crippen LogP contribution in [0.3, 0.4) is 0 Å². The molecule has 12 heteroatoms. The highest BCUT2D eigenvalue weighted by atomic mass is 19.4. The number of carboxylic acids is 1. The summed E-state index contributed by atoms with van der Waals surface area (Å²) >= 11 is 0. The number of pyridine rings is 1. The van der Waals surface area contributed by atoms with E-state index in [9.17, 15) is 33.0 Å². The van der Waals surface area contributed by atoms with Crippen LogP contribution in [0.2, 0.25) is 0 Å². The third-order valence-electron chi connectivity index (χ3n) is 9.20. The zero-order valence-electron chi connectivity index (χ0n) is 23.4. The molecule has 1 aromatic carbocycles. The number of nitrogens with zero attached hydrogens (tertiary/aromatic N) is 3. The first-order valence-electron chi connectivity index (χ1n) is 14.2. The number of benzene rings is 1. The first-order chi connectivity index (χ1) is 19.8. The van der Waals surface area contributed by atoms with Gasteiger partial charge in [0, 0.05) is 48.5 Å². The number of hydrogen-bond acceptors (Lipinski definition) is 6. The van der Waals surface area contributed by atoms with Crippen LogP contribution in [0.5, 0.6) is 5.88 Å². The summed E-state index contributed by atoms with van der Waals surface area (Å²) in [6, 6.07) is 7.12. The Hall–Kier alpha value is -3.25. The van der Waals surface area contributed by atoms with Gasteiger partial charge >= 0.3 is 12.1 Å². The molecule has 42 heavy (non-hydrogen) atoms. The van der Waals surface area contributed by atoms with Crippen molar-refractivity contribution >= 4 is 11.9 Å². The lowest BCUT2D eigenvalue weighted by Crippen LogP contribution is -2.53. The third-order valence-corrected chi connectivity index (χ3v) is 9.20. The van der Waals surface area contributed by atoms with Gasteiger partial charge < -0.3 is 24.7 Å². The van der Waals surface area contributed by atoms with Crippen LogP contribution in [0.25, 0.3) is 11.1 Å². The molecule has 8 nitrogen and oxygen atoms in total. The van der Waals surface area contributed by atoms with Crippen molar-refractivity contribution in [2.75, 3.05) is 32.8 Å². The standard InChI is InChI=1S/C30H35F4N3O5/c1-28(27(40)41)14-22(38)16-37(28)26(39)20-3-5-23(24(31)13-20)21-4-6-25(35-15-21)42-17-19-7-11-36(12-8-19)18-29(9-2-10-29)30(32,33)34/h3-6,13,15,19,22,38H,2,7-12,14,16-18H2,1H3,(H,40,41). The Morgan fingerprint density at radius 2 is 1.86 bits per heavy atom. The molecule has 3 fully saturated rings. The second-order valence-electron chi connectivity index (χ2n) is 12.1. The smallest absolute Gasteiger partial charge is 0.395 e. The molecule has 1 saturated carbocycles. The number of hydrogen-bond donors (Lipinski definition) is 2. The van der Waals surface area contributed by atoms with E-state index >= 15 is 4.39 Å². The molecular formula is C30H35F4N3O5. The lowest BCUT2D eigenvalue weighted by molar-refractivity contribution is -0.256. The Bertz CT molecular complexity index is 1310. The van der Waals surface area contributed by atoms with Gasteiger partial charge in [0.1, 0.15) is 11.4 Å². The monoisotopic (exact) mass is 593 g/mol. The number of alkyl halides is 3. The maximum absolute atomic E-state index is 15.1. The highest BCUT2D eigenvalue weighted by molar-refractivity contribution is 5.98. The Labute approximate surface area is 241 Å². The molecule has 2 N–H and O–H groups in total. The SMILES string of the molecule is CC1(C(=O)O)CC(O)CN1C(=O)c1ccc(-c2ccc(OCC3CCN(CC4(C(F)(F)F)CCC4)CC3)nc2)c(F)c1. The topological polar surface area (TPSA) is 103 Å². The molecule has 2 saturated heterocycles. The largest absolute Gasteiger partial charge is 0.480 e. The van der Waals surface area contributed by atoms with Crippen molar-refractivity contribution in [2.24, 2.45) is 11.3 Å². The summed E-state index contributed by atoms with van der Waals surface area (Å²) in [5, 5.41) is 19.5. The highest BCUT2D eigenvalue weighted by Crippen LogP contribution is 2.53. The van der Waals surface area contributed by atoms with Gasteiger partial charge in [0.05, 0.1) is 18.1 Å². The van der Waals surface area contributed by atoms with Crippen molar-refractivity contribution in [2.45, 2.75) is 63.3 Å². The molecule has 2 unspecified atom stereocenters. The van der Waals surface area contributed by atoms with E-state index in [-0.39, 0.29) is 49.4 Å². The van der Waals surface area contributed by atoms with Gasteiger partial charge in [0.15, 0.2) is 0 Å². The second-order valence-corrected chi connectivity index (χ2v) is 12.1. The quantitative estimate of drug-likeness (QED) is 0.426. The number of piperidine rings is 1. The fourth-order valence-corrected chi connectivity index (χ4v) is 6.30. The minimum atomic E-state index is -4.16. The van der Waals surface area contributed by atoms with Crippen molar-refractivity contribution < 1.29 is 42.1 Å². The maximum Gasteiger partial charge on any atom is 0.395 e. The molecule has 3 aliphatic rings. The number of β-amino-alcohol motifs (C(OH)–C–C–N with tert-alkyl or cyclic N) is 1. The summed E-state index contributed by atoms with van der Waals surface area (Å²) in [5.41, 5.74) is -2.51. The molecule has 2 aliphatic heterocycles. The summed E-state index contributed by atoms with van der Waals surface area (Å²) in [7, 11) is 0. The predicted molar refractivity (Wildman–Crippen MR) is 144 cm³/mol. The Balaban J connectivity index is 1.14. The van der Waals surface area contributed by atoms with Crippen molar-refractivity contribution in [3.8, 4) is 17.0 Å². The van der Waals surface area contributed by atoms with Gasteiger partial charge in [-0.3, -0.25) is 4.79 Å². The fraction of sp³-hybridized carbons (Fsp3) is 0.567. The van der Waals surface area contributed by atoms with E-state index in [0.29, 0.717) is 37.6 Å². The van der Waals surface area contributed by atoms with E-state index in [1.165, 1.54) is 25.3 Å². The van der Waals surface area contributed by atoms with Crippen LogP contribution in [0, 0.1) is 17.2 Å². The third kappa shape index (κ3) is 5.83. The number of carboxylic acid groups (broad SMARTS) is 1. The molecule has 0 radical (unpaired) electrons. The molecule has 2 atom stereocenters. The van der Waals surface area contributed by atoms with Gasteiger partial charge in [-0.2, -0.15) is 13.2 Å². The molecule has 1 aliphatic carbocycles. The molecule has 2 aromatic rings. The summed E-state index contributed by atoms with van der Waals surface area (Å²) in [4.78, 5) is 32.0. The molecule has 1 aromatic heterocycles. The average Bonchev–Trinajstić information content (AvgIpc) is 3.24. The van der Waals surface area contributed by atoms with Gasteiger partial charge in [0.25, 0.3) is 5.91 Å².